The normalized spacial score (nSPS) is 37.8. The summed E-state index contributed by atoms with van der Waals surface area (Å²) < 4.78 is 5.57. The van der Waals surface area contributed by atoms with E-state index in [1.807, 2.05) is 0 Å². The van der Waals surface area contributed by atoms with Gasteiger partial charge in [0.25, 0.3) is 0 Å². The maximum Gasteiger partial charge on any atom is 0.248 e. The minimum Gasteiger partial charge on any atom is -0.496 e. The highest BCUT2D eigenvalue weighted by Crippen LogP contribution is 2.59. The van der Waals surface area contributed by atoms with Gasteiger partial charge in [0.05, 0.1) is 12.7 Å². The van der Waals surface area contributed by atoms with Gasteiger partial charge < -0.3 is 10.5 Å². The lowest BCUT2D eigenvalue weighted by Crippen LogP contribution is -2.45. The molecular weight excluding hydrogens is 310 g/mol. The van der Waals surface area contributed by atoms with Crippen molar-refractivity contribution in [1.82, 2.24) is 0 Å². The number of methoxy groups -OCH3 is 1. The number of allylic oxidation sites excluding steroid dienone is 4. The van der Waals surface area contributed by atoms with Crippen molar-refractivity contribution < 1.29 is 9.53 Å². The minimum atomic E-state index is -0.357. The molecule has 0 aliphatic heterocycles. The van der Waals surface area contributed by atoms with Crippen molar-refractivity contribution in [3.8, 4) is 0 Å². The van der Waals surface area contributed by atoms with E-state index < -0.39 is 0 Å². The summed E-state index contributed by atoms with van der Waals surface area (Å²) in [5, 5.41) is 0. The van der Waals surface area contributed by atoms with Crippen LogP contribution in [-0.2, 0) is 9.53 Å². The lowest BCUT2D eigenvalue weighted by Gasteiger charge is -2.55. The molecule has 3 fully saturated rings. The van der Waals surface area contributed by atoms with Crippen molar-refractivity contribution in [2.75, 3.05) is 7.11 Å². The van der Waals surface area contributed by atoms with E-state index in [2.05, 4.69) is 19.1 Å². The van der Waals surface area contributed by atoms with Crippen LogP contribution in [0.3, 0.4) is 0 Å². The van der Waals surface area contributed by atoms with Crippen LogP contribution in [0.4, 0.5) is 0 Å². The third-order valence-electron chi connectivity index (χ3n) is 7.64. The molecule has 2 N–H and O–H groups in total. The quantitative estimate of drug-likeness (QED) is 0.795. The Balaban J connectivity index is 1.71. The van der Waals surface area contributed by atoms with Gasteiger partial charge in [-0.1, -0.05) is 25.8 Å². The van der Waals surface area contributed by atoms with Crippen LogP contribution >= 0.6 is 0 Å². The summed E-state index contributed by atoms with van der Waals surface area (Å²) in [5.74, 6) is 2.64. The summed E-state index contributed by atoms with van der Waals surface area (Å²) in [7, 11) is 1.65. The molecule has 3 saturated carbocycles. The van der Waals surface area contributed by atoms with Gasteiger partial charge in [0.1, 0.15) is 5.76 Å². The molecule has 3 nitrogen and oxygen atoms in total. The number of ether oxygens (including phenoxy) is 1. The number of hydrogen-bond acceptors (Lipinski definition) is 2. The highest BCUT2D eigenvalue weighted by Gasteiger charge is 2.49. The number of primary amides is 1. The van der Waals surface area contributed by atoms with Crippen LogP contribution in [0, 0.1) is 23.2 Å². The van der Waals surface area contributed by atoms with E-state index in [-0.39, 0.29) is 5.91 Å². The molecule has 0 heterocycles. The molecule has 1 amide bonds. The van der Waals surface area contributed by atoms with Gasteiger partial charge in [0.15, 0.2) is 0 Å². The molecule has 0 aromatic heterocycles. The first kappa shape index (κ1) is 16.9. The van der Waals surface area contributed by atoms with Crippen LogP contribution in [-0.4, -0.2) is 13.0 Å². The second-order valence-corrected chi connectivity index (χ2v) is 8.80. The summed E-state index contributed by atoms with van der Waals surface area (Å²) in [6.07, 6.45) is 15.7. The Kier molecular flexibility index (Phi) is 4.29. The van der Waals surface area contributed by atoms with Crippen LogP contribution in [0.5, 0.6) is 0 Å². The fraction of sp³-hybridized carbons (Fsp3) is 0.682. The topological polar surface area (TPSA) is 52.3 Å². The fourth-order valence-corrected chi connectivity index (χ4v) is 6.32. The summed E-state index contributed by atoms with van der Waals surface area (Å²) in [6, 6.07) is 0. The monoisotopic (exact) mass is 341 g/mol. The molecule has 136 valence electrons. The van der Waals surface area contributed by atoms with Crippen LogP contribution < -0.4 is 5.73 Å². The second kappa shape index (κ2) is 6.34. The van der Waals surface area contributed by atoms with E-state index in [1.54, 1.807) is 7.11 Å². The van der Waals surface area contributed by atoms with Gasteiger partial charge in [-0.25, -0.2) is 0 Å². The van der Waals surface area contributed by atoms with Gasteiger partial charge in [-0.15, -0.1) is 0 Å². The number of carbonyl (C=O) groups is 1. The molecule has 0 spiro atoms. The summed E-state index contributed by atoms with van der Waals surface area (Å²) in [4.78, 5) is 11.8. The summed E-state index contributed by atoms with van der Waals surface area (Å²) in [5.41, 5.74) is 9.65. The van der Waals surface area contributed by atoms with Gasteiger partial charge in [-0.05, 0) is 78.9 Å². The number of rotatable bonds is 2. The molecule has 4 aliphatic carbocycles. The van der Waals surface area contributed by atoms with Crippen molar-refractivity contribution in [3.63, 3.8) is 0 Å². The Morgan fingerprint density at radius 2 is 2.08 bits per heavy atom. The number of amides is 1. The number of hydrogen-bond donors (Lipinski definition) is 1. The minimum absolute atomic E-state index is 0.357. The van der Waals surface area contributed by atoms with Gasteiger partial charge in [-0.2, -0.15) is 0 Å². The second-order valence-electron chi connectivity index (χ2n) is 8.80. The van der Waals surface area contributed by atoms with E-state index in [1.165, 1.54) is 56.1 Å². The zero-order valence-corrected chi connectivity index (χ0v) is 15.6. The van der Waals surface area contributed by atoms with Crippen LogP contribution in [0.2, 0.25) is 0 Å². The summed E-state index contributed by atoms with van der Waals surface area (Å²) in [6.45, 7) is 2.55. The molecule has 0 radical (unpaired) electrons. The van der Waals surface area contributed by atoms with Gasteiger partial charge in [-0.3, -0.25) is 4.79 Å². The van der Waals surface area contributed by atoms with Crippen LogP contribution in [0.1, 0.15) is 64.7 Å². The zero-order valence-electron chi connectivity index (χ0n) is 15.6. The van der Waals surface area contributed by atoms with E-state index in [4.69, 9.17) is 10.5 Å². The van der Waals surface area contributed by atoms with Crippen molar-refractivity contribution >= 4 is 5.91 Å². The average molecular weight is 341 g/mol. The number of carbonyl (C=O) groups excluding carboxylic acids is 1. The molecule has 4 unspecified atom stereocenters. The maximum absolute atomic E-state index is 11.8. The van der Waals surface area contributed by atoms with E-state index >= 15 is 0 Å². The average Bonchev–Trinajstić information content (AvgIpc) is 2.80. The number of nitrogens with two attached hydrogens (primary N) is 1. The Labute approximate surface area is 151 Å². The standard InChI is InChI=1S/C22H31NO2/c1-22-11-4-3-5-19(22)16-8-6-14-7-9-17(21(23)24)20(25-2)13-18(14)15(16)10-12-22/h7,13,15-16,19H,3-6,8-12H2,1-2H3,(H2,23,24). The maximum atomic E-state index is 11.8. The molecule has 0 bridgehead atoms. The highest BCUT2D eigenvalue weighted by molar-refractivity contribution is 5.93. The van der Waals surface area contributed by atoms with E-state index in [0.717, 1.165) is 18.3 Å². The van der Waals surface area contributed by atoms with E-state index in [0.29, 0.717) is 29.1 Å². The van der Waals surface area contributed by atoms with Crippen molar-refractivity contribution in [1.29, 1.82) is 0 Å². The first-order valence-corrected chi connectivity index (χ1v) is 10.0. The van der Waals surface area contributed by atoms with Crippen molar-refractivity contribution in [3.05, 3.63) is 34.6 Å². The molecule has 0 aromatic carbocycles. The molecule has 4 aliphatic rings. The Bertz CT molecular complexity index is 672. The van der Waals surface area contributed by atoms with Crippen molar-refractivity contribution in [2.45, 2.75) is 64.7 Å². The highest BCUT2D eigenvalue weighted by atomic mass is 16.5. The third-order valence-corrected chi connectivity index (χ3v) is 7.64. The first-order chi connectivity index (χ1) is 12.0. The Hall–Kier alpha value is -1.51. The molecular formula is C22H31NO2. The molecule has 4 rings (SSSR count). The van der Waals surface area contributed by atoms with Gasteiger partial charge >= 0.3 is 0 Å². The number of fused-ring (bicyclic) bond motifs is 5. The SMILES string of the molecule is COC1=C(C(N)=O)CC=C2CCC3C(CCC4(C)CCCCC34)C2=C1. The lowest BCUT2D eigenvalue weighted by atomic mass is 9.50. The van der Waals surface area contributed by atoms with Crippen molar-refractivity contribution in [2.24, 2.45) is 28.9 Å². The van der Waals surface area contributed by atoms with Gasteiger partial charge in [0, 0.05) is 6.42 Å². The van der Waals surface area contributed by atoms with Crippen LogP contribution in [0.25, 0.3) is 0 Å². The van der Waals surface area contributed by atoms with Gasteiger partial charge in [0.2, 0.25) is 5.91 Å². The fourth-order valence-electron chi connectivity index (χ4n) is 6.32. The predicted octanol–water partition coefficient (Wildman–Crippen LogP) is 4.65. The lowest BCUT2D eigenvalue weighted by molar-refractivity contribution is -0.114. The Morgan fingerprint density at radius 1 is 1.24 bits per heavy atom. The molecule has 0 saturated heterocycles. The largest absolute Gasteiger partial charge is 0.496 e. The van der Waals surface area contributed by atoms with Crippen LogP contribution in [0.15, 0.2) is 34.6 Å². The molecule has 4 atom stereocenters. The third kappa shape index (κ3) is 2.76. The molecule has 25 heavy (non-hydrogen) atoms. The summed E-state index contributed by atoms with van der Waals surface area (Å²) >= 11 is 0. The molecule has 3 heteroatoms. The Morgan fingerprint density at radius 3 is 2.84 bits per heavy atom. The molecule has 0 aromatic rings. The van der Waals surface area contributed by atoms with E-state index in [9.17, 15) is 4.79 Å². The smallest absolute Gasteiger partial charge is 0.248 e. The predicted molar refractivity (Wildman–Crippen MR) is 99.5 cm³/mol. The first-order valence-electron chi connectivity index (χ1n) is 10.0. The zero-order chi connectivity index (χ0) is 17.6.